The van der Waals surface area contributed by atoms with Crippen molar-refractivity contribution in [2.24, 2.45) is 0 Å². The number of piperazine rings is 1. The first-order valence-corrected chi connectivity index (χ1v) is 10.2. The van der Waals surface area contributed by atoms with E-state index in [2.05, 4.69) is 9.80 Å². The molecule has 1 fully saturated rings. The summed E-state index contributed by atoms with van der Waals surface area (Å²) in [5, 5.41) is 0. The number of anilines is 1. The highest BCUT2D eigenvalue weighted by Gasteiger charge is 2.23. The molecule has 29 heavy (non-hydrogen) atoms. The zero-order chi connectivity index (χ0) is 20.1. The molecule has 5 heteroatoms. The number of benzene rings is 3. The van der Waals surface area contributed by atoms with Crippen LogP contribution in [0.15, 0.2) is 78.9 Å². The van der Waals surface area contributed by atoms with E-state index in [0.717, 1.165) is 48.0 Å². The third-order valence-electron chi connectivity index (χ3n) is 5.11. The van der Waals surface area contributed by atoms with Crippen molar-refractivity contribution in [1.29, 1.82) is 0 Å². The first kappa shape index (κ1) is 19.4. The molecule has 0 atom stereocenters. The van der Waals surface area contributed by atoms with E-state index in [-0.39, 0.29) is 5.82 Å². The molecule has 3 aromatic rings. The number of halogens is 1. The molecule has 0 unspecified atom stereocenters. The summed E-state index contributed by atoms with van der Waals surface area (Å²) in [6, 6.07) is 24.9. The number of hydrogen-bond donors (Lipinski definition) is 0. The summed E-state index contributed by atoms with van der Waals surface area (Å²) in [5.41, 5.74) is 2.70. The minimum atomic E-state index is -0.178. The highest BCUT2D eigenvalue weighted by molar-refractivity contribution is 7.80. The highest BCUT2D eigenvalue weighted by Crippen LogP contribution is 2.24. The SMILES string of the molecule is Fc1ccccc1N1CCN(C(=S)c2ccccc2OCc2ccccc2)CC1. The van der Waals surface area contributed by atoms with Crippen molar-refractivity contribution < 1.29 is 9.13 Å². The van der Waals surface area contributed by atoms with Crippen LogP contribution in [0.5, 0.6) is 5.75 Å². The fourth-order valence-electron chi connectivity index (χ4n) is 3.53. The van der Waals surface area contributed by atoms with Gasteiger partial charge in [-0.15, -0.1) is 0 Å². The molecule has 148 valence electrons. The summed E-state index contributed by atoms with van der Waals surface area (Å²) in [6.07, 6.45) is 0. The van der Waals surface area contributed by atoms with Crippen molar-refractivity contribution in [2.75, 3.05) is 31.1 Å². The maximum atomic E-state index is 14.1. The Hall–Kier alpha value is -2.92. The van der Waals surface area contributed by atoms with Gasteiger partial charge in [-0.25, -0.2) is 4.39 Å². The largest absolute Gasteiger partial charge is 0.488 e. The summed E-state index contributed by atoms with van der Waals surface area (Å²) in [6.45, 7) is 3.46. The van der Waals surface area contributed by atoms with E-state index < -0.39 is 0 Å². The zero-order valence-electron chi connectivity index (χ0n) is 16.1. The van der Waals surface area contributed by atoms with Gasteiger partial charge in [0.2, 0.25) is 0 Å². The first-order chi connectivity index (χ1) is 14.2. The second-order valence-electron chi connectivity index (χ2n) is 7.00. The average molecular weight is 407 g/mol. The summed E-state index contributed by atoms with van der Waals surface area (Å²) in [4.78, 5) is 5.03. The second-order valence-corrected chi connectivity index (χ2v) is 7.39. The van der Waals surface area contributed by atoms with Crippen molar-refractivity contribution in [3.8, 4) is 5.75 Å². The number of rotatable bonds is 5. The van der Waals surface area contributed by atoms with Crippen molar-refractivity contribution >= 4 is 22.9 Å². The fraction of sp³-hybridized carbons (Fsp3) is 0.208. The van der Waals surface area contributed by atoms with E-state index in [1.807, 2.05) is 66.7 Å². The summed E-state index contributed by atoms with van der Waals surface area (Å²) < 4.78 is 20.1. The number of thiocarbonyl (C=S) groups is 1. The van der Waals surface area contributed by atoms with Gasteiger partial charge < -0.3 is 14.5 Å². The van der Waals surface area contributed by atoms with Crippen LogP contribution in [0, 0.1) is 5.82 Å². The molecule has 1 heterocycles. The predicted octanol–water partition coefficient (Wildman–Crippen LogP) is 4.90. The second kappa shape index (κ2) is 9.05. The monoisotopic (exact) mass is 406 g/mol. The molecule has 0 N–H and O–H groups in total. The van der Waals surface area contributed by atoms with Crippen LogP contribution in [-0.2, 0) is 6.61 Å². The normalized spacial score (nSPS) is 14.0. The lowest BCUT2D eigenvalue weighted by atomic mass is 10.1. The van der Waals surface area contributed by atoms with Crippen LogP contribution in [0.25, 0.3) is 0 Å². The van der Waals surface area contributed by atoms with Crippen LogP contribution < -0.4 is 9.64 Å². The number of nitrogens with zero attached hydrogens (tertiary/aromatic N) is 2. The molecule has 1 aliphatic rings. The summed E-state index contributed by atoms with van der Waals surface area (Å²) >= 11 is 5.79. The standard InChI is InChI=1S/C24H23FN2OS/c25-21-11-5-6-12-22(21)26-14-16-27(17-15-26)24(29)20-10-4-7-13-23(20)28-18-19-8-2-1-3-9-19/h1-13H,14-18H2. The lowest BCUT2D eigenvalue weighted by molar-refractivity contribution is 0.304. The van der Waals surface area contributed by atoms with E-state index in [4.69, 9.17) is 17.0 Å². The first-order valence-electron chi connectivity index (χ1n) is 9.77. The predicted molar refractivity (Wildman–Crippen MR) is 119 cm³/mol. The van der Waals surface area contributed by atoms with Gasteiger partial charge in [0.1, 0.15) is 23.2 Å². The van der Waals surface area contributed by atoms with Crippen molar-refractivity contribution in [1.82, 2.24) is 4.90 Å². The van der Waals surface area contributed by atoms with E-state index in [0.29, 0.717) is 12.3 Å². The van der Waals surface area contributed by atoms with Gasteiger partial charge in [-0.2, -0.15) is 0 Å². The Morgan fingerprint density at radius 1 is 0.828 bits per heavy atom. The Morgan fingerprint density at radius 3 is 2.24 bits per heavy atom. The van der Waals surface area contributed by atoms with E-state index in [9.17, 15) is 4.39 Å². The Morgan fingerprint density at radius 2 is 1.48 bits per heavy atom. The molecule has 0 bridgehead atoms. The van der Waals surface area contributed by atoms with Crippen molar-refractivity contribution in [3.05, 3.63) is 95.8 Å². The van der Waals surface area contributed by atoms with Crippen LogP contribution in [0.4, 0.5) is 10.1 Å². The minimum absolute atomic E-state index is 0.178. The smallest absolute Gasteiger partial charge is 0.146 e. The van der Waals surface area contributed by atoms with Gasteiger partial charge in [-0.05, 0) is 29.8 Å². The fourth-order valence-corrected chi connectivity index (χ4v) is 3.88. The van der Waals surface area contributed by atoms with Gasteiger partial charge in [0.15, 0.2) is 0 Å². The molecular weight excluding hydrogens is 383 g/mol. The number of para-hydroxylation sites is 2. The third kappa shape index (κ3) is 4.57. The lowest BCUT2D eigenvalue weighted by Crippen LogP contribution is -2.48. The van der Waals surface area contributed by atoms with Gasteiger partial charge in [-0.1, -0.05) is 66.8 Å². The number of ether oxygens (including phenoxy) is 1. The van der Waals surface area contributed by atoms with Crippen LogP contribution in [0.1, 0.15) is 11.1 Å². The van der Waals surface area contributed by atoms with Crippen molar-refractivity contribution in [2.45, 2.75) is 6.61 Å². The van der Waals surface area contributed by atoms with Gasteiger partial charge in [0.05, 0.1) is 11.3 Å². The molecule has 1 aliphatic heterocycles. The topological polar surface area (TPSA) is 15.7 Å². The minimum Gasteiger partial charge on any atom is -0.488 e. The van der Waals surface area contributed by atoms with Crippen LogP contribution in [-0.4, -0.2) is 36.1 Å². The number of hydrogen-bond acceptors (Lipinski definition) is 3. The quantitative estimate of drug-likeness (QED) is 0.560. The molecule has 4 rings (SSSR count). The molecule has 3 nitrogen and oxygen atoms in total. The summed E-state index contributed by atoms with van der Waals surface area (Å²) in [7, 11) is 0. The third-order valence-corrected chi connectivity index (χ3v) is 5.59. The maximum Gasteiger partial charge on any atom is 0.146 e. The molecule has 0 amide bonds. The van der Waals surface area contributed by atoms with Gasteiger partial charge in [-0.3, -0.25) is 0 Å². The maximum absolute atomic E-state index is 14.1. The Labute approximate surface area is 176 Å². The highest BCUT2D eigenvalue weighted by atomic mass is 32.1. The molecule has 0 aliphatic carbocycles. The average Bonchev–Trinajstić information content (AvgIpc) is 2.79. The summed E-state index contributed by atoms with van der Waals surface area (Å²) in [5.74, 6) is 0.612. The van der Waals surface area contributed by atoms with E-state index in [1.54, 1.807) is 6.07 Å². The van der Waals surface area contributed by atoms with Crippen LogP contribution in [0.3, 0.4) is 0 Å². The van der Waals surface area contributed by atoms with Gasteiger partial charge in [0.25, 0.3) is 0 Å². The molecular formula is C24H23FN2OS. The molecule has 3 aromatic carbocycles. The molecule has 0 spiro atoms. The van der Waals surface area contributed by atoms with Gasteiger partial charge in [0, 0.05) is 26.2 Å². The van der Waals surface area contributed by atoms with Crippen LogP contribution >= 0.6 is 12.2 Å². The van der Waals surface area contributed by atoms with Crippen LogP contribution in [0.2, 0.25) is 0 Å². The molecule has 0 radical (unpaired) electrons. The lowest BCUT2D eigenvalue weighted by Gasteiger charge is -2.37. The zero-order valence-corrected chi connectivity index (χ0v) is 16.9. The molecule has 0 saturated carbocycles. The Bertz CT molecular complexity index is 971. The molecule has 1 saturated heterocycles. The Balaban J connectivity index is 1.42. The van der Waals surface area contributed by atoms with E-state index >= 15 is 0 Å². The Kier molecular flexibility index (Phi) is 6.06. The van der Waals surface area contributed by atoms with Gasteiger partial charge >= 0.3 is 0 Å². The molecule has 0 aromatic heterocycles. The van der Waals surface area contributed by atoms with E-state index in [1.165, 1.54) is 6.07 Å². The van der Waals surface area contributed by atoms with Crippen molar-refractivity contribution in [3.63, 3.8) is 0 Å².